The zero-order valence-electron chi connectivity index (χ0n) is 23.1. The van der Waals surface area contributed by atoms with Crippen molar-refractivity contribution in [3.63, 3.8) is 0 Å². The molecule has 2 aromatic rings. The van der Waals surface area contributed by atoms with Crippen molar-refractivity contribution in [1.29, 1.82) is 0 Å². The third-order valence-electron chi connectivity index (χ3n) is 6.91. The summed E-state index contributed by atoms with van der Waals surface area (Å²) < 4.78 is 5.67. The van der Waals surface area contributed by atoms with Crippen molar-refractivity contribution in [3.05, 3.63) is 52.4 Å². The average molecular weight is 560 g/mol. The molecule has 0 N–H and O–H groups in total. The molecule has 1 saturated heterocycles. The summed E-state index contributed by atoms with van der Waals surface area (Å²) in [6.45, 7) is 14.4. The van der Waals surface area contributed by atoms with Gasteiger partial charge in [-0.1, -0.05) is 23.7 Å². The van der Waals surface area contributed by atoms with E-state index in [4.69, 9.17) is 16.3 Å². The first-order valence-corrected chi connectivity index (χ1v) is 14.6. The van der Waals surface area contributed by atoms with Gasteiger partial charge in [0.25, 0.3) is 0 Å². The van der Waals surface area contributed by atoms with Gasteiger partial charge in [0, 0.05) is 60.4 Å². The lowest BCUT2D eigenvalue weighted by atomic mass is 9.96. The molecule has 1 fully saturated rings. The van der Waals surface area contributed by atoms with E-state index in [1.807, 2.05) is 63.4 Å². The van der Waals surface area contributed by atoms with Crippen molar-refractivity contribution in [2.24, 2.45) is 0 Å². The van der Waals surface area contributed by atoms with E-state index >= 15 is 0 Å². The highest BCUT2D eigenvalue weighted by molar-refractivity contribution is 7.99. The summed E-state index contributed by atoms with van der Waals surface area (Å²) in [5, 5.41) is 0.969. The number of anilines is 1. The van der Waals surface area contributed by atoms with Gasteiger partial charge in [-0.2, -0.15) is 0 Å². The second kappa shape index (κ2) is 11.7. The van der Waals surface area contributed by atoms with Crippen molar-refractivity contribution in [1.82, 2.24) is 19.8 Å². The van der Waals surface area contributed by atoms with Crippen LogP contribution in [-0.2, 0) is 15.3 Å². The van der Waals surface area contributed by atoms with Gasteiger partial charge in [0.2, 0.25) is 5.91 Å². The van der Waals surface area contributed by atoms with Gasteiger partial charge in [-0.3, -0.25) is 4.79 Å². The van der Waals surface area contributed by atoms with Gasteiger partial charge >= 0.3 is 6.09 Å². The molecular formula is C28H38ClN5O3S. The number of carbonyl (C=O) groups is 2. The fourth-order valence-electron chi connectivity index (χ4n) is 4.89. The predicted octanol–water partition coefficient (Wildman–Crippen LogP) is 5.52. The molecule has 206 valence electrons. The van der Waals surface area contributed by atoms with Gasteiger partial charge in [-0.05, 0) is 59.2 Å². The number of nitrogens with zero attached hydrogens (tertiary/aromatic N) is 5. The number of thioether (sulfide) groups is 1. The summed E-state index contributed by atoms with van der Waals surface area (Å²) in [4.78, 5) is 42.0. The number of fused-ring (bicyclic) bond motifs is 1. The molecule has 0 radical (unpaired) electrons. The molecule has 2 aliphatic rings. The SMILES string of the molecule is CC(C)N(C[C@H](C(=O)N1CCN(c2ncnc3c2[C@H](C)SC3)CC1)c1ccc(Cl)cc1)C(=O)OC(C)(C)C. The molecule has 3 heterocycles. The molecule has 2 amide bonds. The number of benzene rings is 1. The van der Waals surface area contributed by atoms with E-state index in [-0.39, 0.29) is 18.5 Å². The molecule has 38 heavy (non-hydrogen) atoms. The van der Waals surface area contributed by atoms with Gasteiger partial charge in [-0.15, -0.1) is 11.8 Å². The van der Waals surface area contributed by atoms with E-state index in [1.54, 1.807) is 23.4 Å². The zero-order valence-corrected chi connectivity index (χ0v) is 24.7. The van der Waals surface area contributed by atoms with Crippen molar-refractivity contribution < 1.29 is 14.3 Å². The van der Waals surface area contributed by atoms with E-state index in [1.165, 1.54) is 5.56 Å². The summed E-state index contributed by atoms with van der Waals surface area (Å²) in [6, 6.07) is 7.19. The molecule has 4 rings (SSSR count). The van der Waals surface area contributed by atoms with Crippen molar-refractivity contribution >= 4 is 41.2 Å². The maximum atomic E-state index is 14.0. The Morgan fingerprint density at radius 3 is 2.39 bits per heavy atom. The third-order valence-corrected chi connectivity index (χ3v) is 8.34. The van der Waals surface area contributed by atoms with E-state index in [0.717, 1.165) is 22.8 Å². The van der Waals surface area contributed by atoms with Crippen LogP contribution in [0, 0.1) is 0 Å². The average Bonchev–Trinajstić information content (AvgIpc) is 3.25. The summed E-state index contributed by atoms with van der Waals surface area (Å²) >= 11 is 8.03. The van der Waals surface area contributed by atoms with Gasteiger partial charge in [0.1, 0.15) is 17.7 Å². The van der Waals surface area contributed by atoms with Crippen LogP contribution >= 0.6 is 23.4 Å². The molecule has 10 heteroatoms. The Morgan fingerprint density at radius 2 is 1.79 bits per heavy atom. The Balaban J connectivity index is 1.52. The number of aromatic nitrogens is 2. The standard InChI is InChI=1S/C28H38ClN5O3S/c1-18(2)34(27(36)37-28(4,5)6)15-22(20-7-9-21(29)10-8-20)26(35)33-13-11-32(12-14-33)25-24-19(3)38-16-23(24)30-17-31-25/h7-10,17-19,22H,11-16H2,1-6H3/t19-,22-/m0/s1. The Kier molecular flexibility index (Phi) is 8.77. The molecular weight excluding hydrogens is 522 g/mol. The van der Waals surface area contributed by atoms with Crippen LogP contribution in [0.25, 0.3) is 0 Å². The van der Waals surface area contributed by atoms with Crippen molar-refractivity contribution in [3.8, 4) is 0 Å². The number of ether oxygens (including phenoxy) is 1. The van der Waals surface area contributed by atoms with Crippen LogP contribution in [0.15, 0.2) is 30.6 Å². The first-order chi connectivity index (χ1) is 17.9. The van der Waals surface area contributed by atoms with Crippen LogP contribution in [0.4, 0.5) is 10.6 Å². The highest BCUT2D eigenvalue weighted by Crippen LogP contribution is 2.44. The highest BCUT2D eigenvalue weighted by Gasteiger charge is 2.35. The van der Waals surface area contributed by atoms with Gasteiger partial charge in [0.05, 0.1) is 11.6 Å². The molecule has 0 saturated carbocycles. The molecule has 0 spiro atoms. The molecule has 1 aromatic carbocycles. The number of rotatable bonds is 6. The molecule has 8 nitrogen and oxygen atoms in total. The molecule has 0 unspecified atom stereocenters. The van der Waals surface area contributed by atoms with Crippen molar-refractivity contribution in [2.75, 3.05) is 37.6 Å². The van der Waals surface area contributed by atoms with E-state index in [0.29, 0.717) is 36.5 Å². The number of halogens is 1. The lowest BCUT2D eigenvalue weighted by molar-refractivity contribution is -0.133. The Labute approximate surface area is 235 Å². The van der Waals surface area contributed by atoms with Crippen molar-refractivity contribution in [2.45, 2.75) is 70.1 Å². The minimum absolute atomic E-state index is 0.00183. The van der Waals surface area contributed by atoms with Gasteiger partial charge in [0.15, 0.2) is 0 Å². The summed E-state index contributed by atoms with van der Waals surface area (Å²) in [7, 11) is 0. The highest BCUT2D eigenvalue weighted by atomic mass is 35.5. The minimum atomic E-state index is -0.627. The fraction of sp³-hybridized carbons (Fsp3) is 0.571. The zero-order chi connectivity index (χ0) is 27.6. The molecule has 0 bridgehead atoms. The van der Waals surface area contributed by atoms with Crippen LogP contribution in [-0.4, -0.2) is 76.1 Å². The largest absolute Gasteiger partial charge is 0.444 e. The maximum absolute atomic E-state index is 14.0. The number of hydrogen-bond acceptors (Lipinski definition) is 7. The summed E-state index contributed by atoms with van der Waals surface area (Å²) in [5.74, 6) is 1.37. The van der Waals surface area contributed by atoms with Crippen LogP contribution < -0.4 is 4.90 Å². The summed E-state index contributed by atoms with van der Waals surface area (Å²) in [5.41, 5.74) is 2.54. The molecule has 2 aliphatic heterocycles. The van der Waals surface area contributed by atoms with E-state index in [9.17, 15) is 9.59 Å². The monoisotopic (exact) mass is 559 g/mol. The molecule has 0 aliphatic carbocycles. The number of piperazine rings is 1. The topological polar surface area (TPSA) is 78.9 Å². The minimum Gasteiger partial charge on any atom is -0.444 e. The third kappa shape index (κ3) is 6.54. The summed E-state index contributed by atoms with van der Waals surface area (Å²) in [6.07, 6.45) is 1.23. The Hall–Kier alpha value is -2.52. The lowest BCUT2D eigenvalue weighted by Gasteiger charge is -2.39. The van der Waals surface area contributed by atoms with Crippen LogP contribution in [0.2, 0.25) is 5.02 Å². The second-order valence-electron chi connectivity index (χ2n) is 11.2. The Morgan fingerprint density at radius 1 is 1.13 bits per heavy atom. The lowest BCUT2D eigenvalue weighted by Crippen LogP contribution is -2.52. The number of carbonyl (C=O) groups excluding carboxylic acids is 2. The number of amides is 2. The van der Waals surface area contributed by atoms with Crippen LogP contribution in [0.3, 0.4) is 0 Å². The molecule has 1 aromatic heterocycles. The van der Waals surface area contributed by atoms with Crippen LogP contribution in [0.5, 0.6) is 0 Å². The smallest absolute Gasteiger partial charge is 0.410 e. The quantitative estimate of drug-likeness (QED) is 0.461. The molecule has 2 atom stereocenters. The van der Waals surface area contributed by atoms with Gasteiger partial charge in [-0.25, -0.2) is 14.8 Å². The fourth-order valence-corrected chi connectivity index (χ4v) is 6.06. The number of hydrogen-bond donors (Lipinski definition) is 0. The van der Waals surface area contributed by atoms with E-state index in [2.05, 4.69) is 21.8 Å². The maximum Gasteiger partial charge on any atom is 0.410 e. The normalized spacial score (nSPS) is 18.4. The second-order valence-corrected chi connectivity index (χ2v) is 12.9. The Bertz CT molecular complexity index is 1150. The predicted molar refractivity (Wildman–Crippen MR) is 153 cm³/mol. The first-order valence-electron chi connectivity index (χ1n) is 13.2. The van der Waals surface area contributed by atoms with Crippen LogP contribution in [0.1, 0.15) is 69.5 Å². The van der Waals surface area contributed by atoms with Gasteiger partial charge < -0.3 is 19.4 Å². The van der Waals surface area contributed by atoms with E-state index < -0.39 is 17.6 Å². The first kappa shape index (κ1) is 28.5.